The summed E-state index contributed by atoms with van der Waals surface area (Å²) in [4.78, 5) is 20.4. The van der Waals surface area contributed by atoms with Crippen LogP contribution in [0.25, 0.3) is 0 Å². The van der Waals surface area contributed by atoms with Gasteiger partial charge >= 0.3 is 0 Å². The monoisotopic (exact) mass is 462 g/mol. The summed E-state index contributed by atoms with van der Waals surface area (Å²) in [5.74, 6) is 0.700. The number of anilines is 1. The first kappa shape index (κ1) is 20.0. The molecule has 1 amide bonds. The summed E-state index contributed by atoms with van der Waals surface area (Å²) in [6, 6.07) is 0. The van der Waals surface area contributed by atoms with Crippen molar-refractivity contribution in [2.75, 3.05) is 38.1 Å². The molecule has 0 radical (unpaired) electrons. The lowest BCUT2D eigenvalue weighted by Crippen LogP contribution is -2.56. The Hall–Kier alpha value is -1.36. The van der Waals surface area contributed by atoms with E-state index in [2.05, 4.69) is 15.4 Å². The van der Waals surface area contributed by atoms with E-state index in [-0.39, 0.29) is 36.4 Å². The van der Waals surface area contributed by atoms with Gasteiger partial charge in [0.05, 0.1) is 17.5 Å². The summed E-state index contributed by atoms with van der Waals surface area (Å²) < 4.78 is 1.69. The van der Waals surface area contributed by atoms with Crippen LogP contribution in [0.1, 0.15) is 25.7 Å². The Balaban J connectivity index is 0.00000225. The molecule has 2 aliphatic rings. The Kier molecular flexibility index (Phi) is 6.66. The molecule has 0 aromatic carbocycles. The van der Waals surface area contributed by atoms with Crippen LogP contribution in [-0.2, 0) is 11.8 Å². The average molecular weight is 462 g/mol. The van der Waals surface area contributed by atoms with Crippen molar-refractivity contribution in [1.82, 2.24) is 20.0 Å². The third-order valence-corrected chi connectivity index (χ3v) is 4.84. The number of nitrogens with zero attached hydrogens (tertiary/aromatic N) is 5. The first-order chi connectivity index (χ1) is 11.5. The van der Waals surface area contributed by atoms with Gasteiger partial charge in [0.2, 0.25) is 5.91 Å². The molecular formula is C16H27IN6O2. The van der Waals surface area contributed by atoms with E-state index in [1.165, 1.54) is 0 Å². The molecule has 1 aliphatic carbocycles. The standard InChI is InChI=1S/C16H26N6O2.HI/c1-17-15(18-12-16(24)5-3-4-6-16)21-7-8-22(14(23)11-21)13-9-19-20(2)10-13;/h9-10,24H,3-8,11-12H2,1-2H3,(H,17,18);1H. The molecule has 1 saturated carbocycles. The second-order valence-electron chi connectivity index (χ2n) is 6.67. The number of piperazine rings is 1. The fraction of sp³-hybridized carbons (Fsp3) is 0.688. The fourth-order valence-electron chi connectivity index (χ4n) is 3.46. The van der Waals surface area contributed by atoms with Gasteiger partial charge in [-0.15, -0.1) is 24.0 Å². The molecule has 25 heavy (non-hydrogen) atoms. The van der Waals surface area contributed by atoms with Crippen LogP contribution in [0, 0.1) is 0 Å². The maximum atomic E-state index is 12.5. The van der Waals surface area contributed by atoms with Crippen LogP contribution >= 0.6 is 24.0 Å². The molecule has 1 saturated heterocycles. The highest BCUT2D eigenvalue weighted by Gasteiger charge is 2.33. The predicted octanol–water partition coefficient (Wildman–Crippen LogP) is 0.567. The topological polar surface area (TPSA) is 86.0 Å². The van der Waals surface area contributed by atoms with Crippen LogP contribution < -0.4 is 10.2 Å². The Morgan fingerprint density at radius 3 is 2.68 bits per heavy atom. The van der Waals surface area contributed by atoms with Gasteiger partial charge in [-0.05, 0) is 12.8 Å². The Morgan fingerprint density at radius 2 is 2.12 bits per heavy atom. The van der Waals surface area contributed by atoms with Crippen LogP contribution in [0.4, 0.5) is 5.69 Å². The number of hydrogen-bond donors (Lipinski definition) is 2. The number of aliphatic imine (C=N–C) groups is 1. The molecule has 0 unspecified atom stereocenters. The van der Waals surface area contributed by atoms with E-state index in [0.29, 0.717) is 25.6 Å². The maximum absolute atomic E-state index is 12.5. The van der Waals surface area contributed by atoms with Crippen molar-refractivity contribution in [3.63, 3.8) is 0 Å². The van der Waals surface area contributed by atoms with Gasteiger partial charge in [0.15, 0.2) is 5.96 Å². The van der Waals surface area contributed by atoms with Crippen molar-refractivity contribution in [3.8, 4) is 0 Å². The van der Waals surface area contributed by atoms with Gasteiger partial charge in [-0.2, -0.15) is 5.10 Å². The van der Waals surface area contributed by atoms with Gasteiger partial charge in [-0.25, -0.2) is 0 Å². The minimum absolute atomic E-state index is 0. The normalized spacial score (nSPS) is 20.6. The quantitative estimate of drug-likeness (QED) is 0.390. The van der Waals surface area contributed by atoms with Crippen LogP contribution in [0.5, 0.6) is 0 Å². The Morgan fingerprint density at radius 1 is 1.40 bits per heavy atom. The van der Waals surface area contributed by atoms with E-state index in [0.717, 1.165) is 31.4 Å². The zero-order chi connectivity index (χ0) is 17.2. The lowest BCUT2D eigenvalue weighted by Gasteiger charge is -2.36. The van der Waals surface area contributed by atoms with Crippen molar-refractivity contribution in [2.45, 2.75) is 31.3 Å². The fourth-order valence-corrected chi connectivity index (χ4v) is 3.46. The summed E-state index contributed by atoms with van der Waals surface area (Å²) in [5.41, 5.74) is 0.183. The van der Waals surface area contributed by atoms with Gasteiger partial charge in [-0.3, -0.25) is 14.5 Å². The minimum atomic E-state index is -0.641. The SMILES string of the molecule is CN=C(NCC1(O)CCCC1)N1CCN(c2cnn(C)c2)C(=O)C1.I. The lowest BCUT2D eigenvalue weighted by molar-refractivity contribution is -0.120. The number of carbonyl (C=O) groups is 1. The largest absolute Gasteiger partial charge is 0.388 e. The number of amides is 1. The highest BCUT2D eigenvalue weighted by molar-refractivity contribution is 14.0. The van der Waals surface area contributed by atoms with E-state index < -0.39 is 5.60 Å². The molecule has 8 nitrogen and oxygen atoms in total. The molecule has 0 bridgehead atoms. The number of hydrogen-bond acceptors (Lipinski definition) is 4. The molecule has 140 valence electrons. The Labute approximate surface area is 165 Å². The number of nitrogens with one attached hydrogen (secondary N) is 1. The van der Waals surface area contributed by atoms with E-state index in [1.807, 2.05) is 18.1 Å². The van der Waals surface area contributed by atoms with Crippen molar-refractivity contribution in [2.24, 2.45) is 12.0 Å². The van der Waals surface area contributed by atoms with Crippen LogP contribution in [-0.4, -0.2) is 70.5 Å². The first-order valence-electron chi connectivity index (χ1n) is 8.48. The summed E-state index contributed by atoms with van der Waals surface area (Å²) in [6.45, 7) is 2.04. The molecule has 3 rings (SSSR count). The van der Waals surface area contributed by atoms with Gasteiger partial charge in [0, 0.05) is 39.9 Å². The minimum Gasteiger partial charge on any atom is -0.388 e. The summed E-state index contributed by atoms with van der Waals surface area (Å²) >= 11 is 0. The third kappa shape index (κ3) is 4.63. The summed E-state index contributed by atoms with van der Waals surface area (Å²) in [6.07, 6.45) is 7.33. The third-order valence-electron chi connectivity index (χ3n) is 4.84. The summed E-state index contributed by atoms with van der Waals surface area (Å²) in [7, 11) is 3.54. The molecule has 0 atom stereocenters. The highest BCUT2D eigenvalue weighted by atomic mass is 127. The van der Waals surface area contributed by atoms with Gasteiger partial charge in [0.1, 0.15) is 6.54 Å². The van der Waals surface area contributed by atoms with E-state index >= 15 is 0 Å². The second kappa shape index (κ2) is 8.35. The molecule has 2 fully saturated rings. The second-order valence-corrected chi connectivity index (χ2v) is 6.67. The van der Waals surface area contributed by atoms with Crippen LogP contribution in [0.15, 0.2) is 17.4 Å². The van der Waals surface area contributed by atoms with Crippen LogP contribution in [0.3, 0.4) is 0 Å². The van der Waals surface area contributed by atoms with Gasteiger partial charge < -0.3 is 20.2 Å². The molecule has 9 heteroatoms. The summed E-state index contributed by atoms with van der Waals surface area (Å²) in [5, 5.41) is 17.8. The molecule has 2 heterocycles. The smallest absolute Gasteiger partial charge is 0.246 e. The average Bonchev–Trinajstić information content (AvgIpc) is 3.17. The number of rotatable bonds is 3. The van der Waals surface area contributed by atoms with E-state index in [1.54, 1.807) is 22.8 Å². The molecule has 0 spiro atoms. The predicted molar refractivity (Wildman–Crippen MR) is 107 cm³/mol. The molecule has 1 aromatic rings. The number of guanidine groups is 1. The first-order valence-corrected chi connectivity index (χ1v) is 8.48. The Bertz CT molecular complexity index is 626. The molecule has 2 N–H and O–H groups in total. The highest BCUT2D eigenvalue weighted by Crippen LogP contribution is 2.28. The van der Waals surface area contributed by atoms with Crippen molar-refractivity contribution >= 4 is 41.5 Å². The zero-order valence-corrected chi connectivity index (χ0v) is 17.1. The van der Waals surface area contributed by atoms with Crippen LogP contribution in [0.2, 0.25) is 0 Å². The van der Waals surface area contributed by atoms with Crippen molar-refractivity contribution in [3.05, 3.63) is 12.4 Å². The number of halogens is 1. The molecule has 1 aromatic heterocycles. The van der Waals surface area contributed by atoms with Crippen molar-refractivity contribution < 1.29 is 9.90 Å². The number of carbonyl (C=O) groups excluding carboxylic acids is 1. The van der Waals surface area contributed by atoms with E-state index in [4.69, 9.17) is 0 Å². The maximum Gasteiger partial charge on any atom is 0.246 e. The van der Waals surface area contributed by atoms with Crippen molar-refractivity contribution in [1.29, 1.82) is 0 Å². The number of aliphatic hydroxyl groups is 1. The van der Waals surface area contributed by atoms with Gasteiger partial charge in [-0.1, -0.05) is 12.8 Å². The number of aromatic nitrogens is 2. The molecule has 1 aliphatic heterocycles. The van der Waals surface area contributed by atoms with E-state index in [9.17, 15) is 9.90 Å². The zero-order valence-electron chi connectivity index (χ0n) is 14.8. The van der Waals surface area contributed by atoms with Gasteiger partial charge in [0.25, 0.3) is 0 Å². The number of aryl methyl sites for hydroxylation is 1. The molecular weight excluding hydrogens is 435 g/mol. The lowest BCUT2D eigenvalue weighted by atomic mass is 10.0.